The summed E-state index contributed by atoms with van der Waals surface area (Å²) >= 11 is 0. The van der Waals surface area contributed by atoms with Gasteiger partial charge in [0, 0.05) is 36.0 Å². The molecule has 1 saturated heterocycles. The van der Waals surface area contributed by atoms with Crippen LogP contribution in [0, 0.1) is 5.82 Å². The van der Waals surface area contributed by atoms with Gasteiger partial charge in [0.15, 0.2) is 17.8 Å². The zero-order valence-corrected chi connectivity index (χ0v) is 18.7. The molecule has 3 aromatic rings. The zero-order valence-electron chi connectivity index (χ0n) is 18.7. The number of hydrogen-bond donors (Lipinski definition) is 2. The van der Waals surface area contributed by atoms with E-state index in [1.807, 2.05) is 6.07 Å². The summed E-state index contributed by atoms with van der Waals surface area (Å²) < 4.78 is 42.3. The predicted octanol–water partition coefficient (Wildman–Crippen LogP) is 1.98. The molecule has 2 aliphatic heterocycles. The van der Waals surface area contributed by atoms with Crippen molar-refractivity contribution in [2.24, 2.45) is 0 Å². The highest BCUT2D eigenvalue weighted by Crippen LogP contribution is 2.29. The Morgan fingerprint density at radius 3 is 2.71 bits per heavy atom. The van der Waals surface area contributed by atoms with Gasteiger partial charge in [-0.05, 0) is 18.2 Å². The van der Waals surface area contributed by atoms with Crippen molar-refractivity contribution in [1.82, 2.24) is 15.3 Å². The highest BCUT2D eigenvalue weighted by atomic mass is 19.1. The molecule has 5 rings (SSSR count). The Hall–Kier alpha value is -3.05. The maximum absolute atomic E-state index is 14.6. The minimum absolute atomic E-state index is 0.00673. The second-order valence-corrected chi connectivity index (χ2v) is 8.15. The number of nitrogens with zero attached hydrogens (tertiary/aromatic N) is 2. The average Bonchev–Trinajstić information content (AvgIpc) is 2.89. The van der Waals surface area contributed by atoms with E-state index in [2.05, 4.69) is 15.3 Å². The summed E-state index contributed by atoms with van der Waals surface area (Å²) in [5, 5.41) is 14.8. The first kappa shape index (κ1) is 22.7. The molecule has 4 heterocycles. The molecular formula is C24H26FN3O6. The summed E-state index contributed by atoms with van der Waals surface area (Å²) in [5.74, 6) is 1.26. The van der Waals surface area contributed by atoms with Crippen LogP contribution in [0.4, 0.5) is 4.39 Å². The Morgan fingerprint density at radius 1 is 1.15 bits per heavy atom. The van der Waals surface area contributed by atoms with Gasteiger partial charge < -0.3 is 34.1 Å². The third kappa shape index (κ3) is 4.90. The number of hydrogen-bond acceptors (Lipinski definition) is 9. The second kappa shape index (κ2) is 10.1. The van der Waals surface area contributed by atoms with E-state index in [0.29, 0.717) is 61.4 Å². The predicted molar refractivity (Wildman–Crippen MR) is 120 cm³/mol. The number of nitrogens with one attached hydrogen (secondary N) is 1. The molecule has 0 radical (unpaired) electrons. The van der Waals surface area contributed by atoms with E-state index in [1.54, 1.807) is 24.4 Å². The molecule has 0 aliphatic carbocycles. The van der Waals surface area contributed by atoms with Crippen molar-refractivity contribution in [3.63, 3.8) is 0 Å². The van der Waals surface area contributed by atoms with Gasteiger partial charge in [-0.15, -0.1) is 0 Å². The molecule has 0 bridgehead atoms. The standard InChI is InChI=1S/C24H26FN3O6/c1-30-22-5-3-14-2-4-18(25)17(23(14)28-22)9-19(29)24-33-12-16(13-34-24)26-10-15-8-20-21(11-27-15)32-7-6-31-20/h2-5,8,11,16,19,24,26,29H,6-7,9-10,12-13H2,1H3/t16?,19-,24?/m0/s1. The molecule has 1 aromatic carbocycles. The first-order valence-corrected chi connectivity index (χ1v) is 11.1. The zero-order chi connectivity index (χ0) is 23.5. The minimum Gasteiger partial charge on any atom is -0.486 e. The third-order valence-electron chi connectivity index (χ3n) is 5.80. The number of aromatic nitrogens is 2. The van der Waals surface area contributed by atoms with Crippen molar-refractivity contribution >= 4 is 10.9 Å². The fourth-order valence-electron chi connectivity index (χ4n) is 4.01. The summed E-state index contributed by atoms with van der Waals surface area (Å²) in [6, 6.07) is 8.29. The number of benzene rings is 1. The average molecular weight is 471 g/mol. The van der Waals surface area contributed by atoms with Crippen LogP contribution < -0.4 is 19.5 Å². The SMILES string of the molecule is COc1ccc2ccc(F)c(C[C@H](O)C3OCC(NCc4cc5c(cn4)OCCO5)CO3)c2n1. The topological polar surface area (TPSA) is 104 Å². The monoisotopic (exact) mass is 471 g/mol. The Morgan fingerprint density at radius 2 is 1.91 bits per heavy atom. The fourth-order valence-corrected chi connectivity index (χ4v) is 4.01. The third-order valence-corrected chi connectivity index (χ3v) is 5.80. The Bertz CT molecular complexity index is 1160. The summed E-state index contributed by atoms with van der Waals surface area (Å²) in [6.07, 6.45) is -0.283. The van der Waals surface area contributed by atoms with Crippen LogP contribution in [0.15, 0.2) is 36.5 Å². The Labute approximate surface area is 195 Å². The lowest BCUT2D eigenvalue weighted by Gasteiger charge is -2.32. The van der Waals surface area contributed by atoms with Crippen LogP contribution in [0.25, 0.3) is 10.9 Å². The van der Waals surface area contributed by atoms with E-state index < -0.39 is 18.2 Å². The van der Waals surface area contributed by atoms with Crippen molar-refractivity contribution in [2.45, 2.75) is 31.4 Å². The Kier molecular flexibility index (Phi) is 6.73. The van der Waals surface area contributed by atoms with E-state index in [1.165, 1.54) is 13.2 Å². The molecule has 34 heavy (non-hydrogen) atoms. The molecule has 10 heteroatoms. The number of aliphatic hydroxyl groups is 1. The Balaban J connectivity index is 1.16. The first-order valence-electron chi connectivity index (χ1n) is 11.1. The van der Waals surface area contributed by atoms with Gasteiger partial charge in [-0.25, -0.2) is 9.37 Å². The summed E-state index contributed by atoms with van der Waals surface area (Å²) in [6.45, 7) is 2.20. The van der Waals surface area contributed by atoms with Gasteiger partial charge >= 0.3 is 0 Å². The van der Waals surface area contributed by atoms with Gasteiger partial charge in [0.1, 0.15) is 25.1 Å². The minimum atomic E-state index is -1.06. The van der Waals surface area contributed by atoms with Crippen molar-refractivity contribution in [1.29, 1.82) is 0 Å². The van der Waals surface area contributed by atoms with Crippen LogP contribution in [0.2, 0.25) is 0 Å². The lowest BCUT2D eigenvalue weighted by atomic mass is 10.0. The van der Waals surface area contributed by atoms with Gasteiger partial charge in [-0.3, -0.25) is 4.98 Å². The molecule has 2 N–H and O–H groups in total. The van der Waals surface area contributed by atoms with Crippen LogP contribution in [-0.4, -0.2) is 67.0 Å². The number of ether oxygens (including phenoxy) is 5. The lowest BCUT2D eigenvalue weighted by Crippen LogP contribution is -2.48. The fraction of sp³-hybridized carbons (Fsp3) is 0.417. The normalized spacial score (nSPS) is 20.8. The quantitative estimate of drug-likeness (QED) is 0.535. The van der Waals surface area contributed by atoms with Gasteiger partial charge in [0.25, 0.3) is 0 Å². The van der Waals surface area contributed by atoms with E-state index in [-0.39, 0.29) is 12.5 Å². The molecule has 2 aromatic heterocycles. The van der Waals surface area contributed by atoms with E-state index >= 15 is 0 Å². The van der Waals surface area contributed by atoms with Gasteiger partial charge in [-0.1, -0.05) is 0 Å². The van der Waals surface area contributed by atoms with Crippen molar-refractivity contribution in [3.8, 4) is 17.4 Å². The molecule has 0 spiro atoms. The highest BCUT2D eigenvalue weighted by Gasteiger charge is 2.29. The summed E-state index contributed by atoms with van der Waals surface area (Å²) in [7, 11) is 1.50. The number of aliphatic hydroxyl groups excluding tert-OH is 1. The summed E-state index contributed by atoms with van der Waals surface area (Å²) in [4.78, 5) is 8.73. The summed E-state index contributed by atoms with van der Waals surface area (Å²) in [5.41, 5.74) is 1.54. The molecule has 180 valence electrons. The molecule has 0 unspecified atom stereocenters. The molecule has 0 saturated carbocycles. The maximum Gasteiger partial charge on any atom is 0.213 e. The highest BCUT2D eigenvalue weighted by molar-refractivity contribution is 5.82. The van der Waals surface area contributed by atoms with Crippen LogP contribution >= 0.6 is 0 Å². The van der Waals surface area contributed by atoms with E-state index in [0.717, 1.165) is 11.1 Å². The molecule has 0 amide bonds. The number of halogens is 1. The number of methoxy groups -OCH3 is 1. The van der Waals surface area contributed by atoms with Crippen LogP contribution in [0.3, 0.4) is 0 Å². The van der Waals surface area contributed by atoms with Gasteiger partial charge in [0.2, 0.25) is 5.88 Å². The number of rotatable bonds is 7. The molecule has 2 aliphatic rings. The van der Waals surface area contributed by atoms with Crippen molar-refractivity contribution in [3.05, 3.63) is 53.6 Å². The van der Waals surface area contributed by atoms with Crippen molar-refractivity contribution < 1.29 is 33.2 Å². The number of fused-ring (bicyclic) bond motifs is 2. The smallest absolute Gasteiger partial charge is 0.213 e. The lowest BCUT2D eigenvalue weighted by molar-refractivity contribution is -0.230. The van der Waals surface area contributed by atoms with Crippen molar-refractivity contribution in [2.75, 3.05) is 33.5 Å². The molecule has 1 atom stereocenters. The van der Waals surface area contributed by atoms with Crippen LogP contribution in [-0.2, 0) is 22.4 Å². The van der Waals surface area contributed by atoms with E-state index in [9.17, 15) is 9.50 Å². The molecular weight excluding hydrogens is 445 g/mol. The van der Waals surface area contributed by atoms with E-state index in [4.69, 9.17) is 23.7 Å². The second-order valence-electron chi connectivity index (χ2n) is 8.15. The first-order chi connectivity index (χ1) is 16.6. The number of pyridine rings is 2. The van der Waals surface area contributed by atoms with Crippen LogP contribution in [0.1, 0.15) is 11.3 Å². The van der Waals surface area contributed by atoms with Gasteiger partial charge in [0.05, 0.1) is 43.8 Å². The van der Waals surface area contributed by atoms with Gasteiger partial charge in [-0.2, -0.15) is 0 Å². The largest absolute Gasteiger partial charge is 0.486 e. The molecule has 9 nitrogen and oxygen atoms in total. The maximum atomic E-state index is 14.6. The molecule has 1 fully saturated rings. The van der Waals surface area contributed by atoms with Crippen LogP contribution in [0.5, 0.6) is 17.4 Å².